The number of nitrogens with one attached hydrogen (secondary N) is 1. The molecule has 1 atom stereocenters. The van der Waals surface area contributed by atoms with Gasteiger partial charge in [-0.05, 0) is 43.2 Å². The molecular weight excluding hydrogens is 516 g/mol. The van der Waals surface area contributed by atoms with Gasteiger partial charge in [-0.25, -0.2) is 0 Å². The van der Waals surface area contributed by atoms with Crippen LogP contribution >= 0.6 is 27.5 Å². The Morgan fingerprint density at radius 2 is 1.59 bits per heavy atom. The molecular formula is C27H28BrClN2O3. The summed E-state index contributed by atoms with van der Waals surface area (Å²) in [6.45, 7) is 3.84. The molecule has 3 aromatic carbocycles. The predicted octanol–water partition coefficient (Wildman–Crippen LogP) is 5.65. The molecule has 0 fully saturated rings. The summed E-state index contributed by atoms with van der Waals surface area (Å²) in [5.41, 5.74) is 1.89. The summed E-state index contributed by atoms with van der Waals surface area (Å²) in [4.78, 5) is 28.4. The van der Waals surface area contributed by atoms with Crippen molar-refractivity contribution in [3.05, 3.63) is 99.5 Å². The van der Waals surface area contributed by atoms with Crippen LogP contribution in [0.4, 0.5) is 0 Å². The number of ether oxygens (including phenoxy) is 1. The molecule has 34 heavy (non-hydrogen) atoms. The summed E-state index contributed by atoms with van der Waals surface area (Å²) in [5.74, 6) is -0.100. The largest absolute Gasteiger partial charge is 0.482 e. The van der Waals surface area contributed by atoms with Crippen molar-refractivity contribution in [1.82, 2.24) is 10.2 Å². The molecule has 3 aromatic rings. The van der Waals surface area contributed by atoms with Gasteiger partial charge in [0.2, 0.25) is 5.91 Å². The van der Waals surface area contributed by atoms with Gasteiger partial charge in [0.15, 0.2) is 6.61 Å². The van der Waals surface area contributed by atoms with Crippen molar-refractivity contribution >= 4 is 39.3 Å². The highest BCUT2D eigenvalue weighted by Gasteiger charge is 2.31. The van der Waals surface area contributed by atoms with Crippen molar-refractivity contribution in [1.29, 1.82) is 0 Å². The Morgan fingerprint density at radius 1 is 0.971 bits per heavy atom. The van der Waals surface area contributed by atoms with Gasteiger partial charge in [0, 0.05) is 23.5 Å². The molecule has 0 aliphatic rings. The highest BCUT2D eigenvalue weighted by Crippen LogP contribution is 2.28. The van der Waals surface area contributed by atoms with Crippen LogP contribution in [0.1, 0.15) is 25.0 Å². The molecule has 178 valence electrons. The number of amides is 2. The van der Waals surface area contributed by atoms with Gasteiger partial charge in [-0.3, -0.25) is 9.59 Å². The zero-order valence-corrected chi connectivity index (χ0v) is 21.6. The Balaban J connectivity index is 1.89. The first kappa shape index (κ1) is 25.8. The van der Waals surface area contributed by atoms with E-state index < -0.39 is 6.04 Å². The summed E-state index contributed by atoms with van der Waals surface area (Å²) in [7, 11) is 0. The lowest BCUT2D eigenvalue weighted by Crippen LogP contribution is -2.52. The standard InChI is InChI=1S/C27H28BrClN2O3/c1-19(2)30-27(33)24(15-20-9-5-3-6-10-20)31(17-21-11-7-4-8-12-21)26(32)18-34-25-14-13-22(28)16-23(25)29/h3-14,16,19,24H,15,17-18H2,1-2H3,(H,30,33)/t24-/m1/s1. The second kappa shape index (κ2) is 12.6. The van der Waals surface area contributed by atoms with Crippen LogP contribution in [0.3, 0.4) is 0 Å². The van der Waals surface area contributed by atoms with Crippen LogP contribution in [-0.2, 0) is 22.6 Å². The quantitative estimate of drug-likeness (QED) is 0.360. The molecule has 0 spiro atoms. The van der Waals surface area contributed by atoms with Crippen LogP contribution in [0.25, 0.3) is 0 Å². The Labute approximate surface area is 214 Å². The lowest BCUT2D eigenvalue weighted by Gasteiger charge is -2.32. The van der Waals surface area contributed by atoms with Crippen LogP contribution in [0.15, 0.2) is 83.3 Å². The maximum absolute atomic E-state index is 13.5. The molecule has 7 heteroatoms. The minimum absolute atomic E-state index is 0.0581. The van der Waals surface area contributed by atoms with E-state index in [9.17, 15) is 9.59 Å². The zero-order chi connectivity index (χ0) is 24.5. The van der Waals surface area contributed by atoms with Crippen molar-refractivity contribution in [3.63, 3.8) is 0 Å². The molecule has 0 unspecified atom stereocenters. The highest BCUT2D eigenvalue weighted by molar-refractivity contribution is 9.10. The van der Waals surface area contributed by atoms with Gasteiger partial charge >= 0.3 is 0 Å². The number of rotatable bonds is 10. The first-order valence-corrected chi connectivity index (χ1v) is 12.3. The molecule has 0 saturated heterocycles. The zero-order valence-electron chi connectivity index (χ0n) is 19.2. The minimum Gasteiger partial charge on any atom is -0.482 e. The topological polar surface area (TPSA) is 58.6 Å². The molecule has 2 amide bonds. The van der Waals surface area contributed by atoms with Gasteiger partial charge in [0.25, 0.3) is 5.91 Å². The highest BCUT2D eigenvalue weighted by atomic mass is 79.9. The first-order chi connectivity index (χ1) is 16.3. The number of carbonyl (C=O) groups excluding carboxylic acids is 2. The molecule has 0 saturated carbocycles. The monoisotopic (exact) mass is 542 g/mol. The van der Waals surface area contributed by atoms with Gasteiger partial charge in [0.1, 0.15) is 11.8 Å². The third-order valence-corrected chi connectivity index (χ3v) is 5.93. The van der Waals surface area contributed by atoms with Crippen LogP contribution in [0, 0.1) is 0 Å². The lowest BCUT2D eigenvalue weighted by molar-refractivity contribution is -0.143. The lowest BCUT2D eigenvalue weighted by atomic mass is 10.0. The maximum Gasteiger partial charge on any atom is 0.261 e. The summed E-state index contributed by atoms with van der Waals surface area (Å²) in [6, 6.07) is 23.7. The molecule has 0 aliphatic carbocycles. The van der Waals surface area contributed by atoms with E-state index in [1.165, 1.54) is 0 Å². The van der Waals surface area contributed by atoms with E-state index in [1.54, 1.807) is 23.1 Å². The smallest absolute Gasteiger partial charge is 0.261 e. The number of hydrogen-bond donors (Lipinski definition) is 1. The number of nitrogens with zero attached hydrogens (tertiary/aromatic N) is 1. The van der Waals surface area contributed by atoms with E-state index >= 15 is 0 Å². The Hall–Kier alpha value is -2.83. The summed E-state index contributed by atoms with van der Waals surface area (Å²) >= 11 is 9.62. The van der Waals surface area contributed by atoms with E-state index in [0.717, 1.165) is 15.6 Å². The summed E-state index contributed by atoms with van der Waals surface area (Å²) in [6.07, 6.45) is 0.386. The molecule has 3 rings (SSSR count). The third kappa shape index (κ3) is 7.61. The fourth-order valence-corrected chi connectivity index (χ4v) is 4.26. The van der Waals surface area contributed by atoms with E-state index in [4.69, 9.17) is 16.3 Å². The number of halogens is 2. The van der Waals surface area contributed by atoms with E-state index in [2.05, 4.69) is 21.2 Å². The van der Waals surface area contributed by atoms with Gasteiger partial charge in [-0.2, -0.15) is 0 Å². The second-order valence-corrected chi connectivity index (χ2v) is 9.56. The van der Waals surface area contributed by atoms with Crippen molar-refractivity contribution < 1.29 is 14.3 Å². The average molecular weight is 544 g/mol. The third-order valence-electron chi connectivity index (χ3n) is 5.14. The Bertz CT molecular complexity index is 1090. The fourth-order valence-electron chi connectivity index (χ4n) is 3.53. The Morgan fingerprint density at radius 3 is 2.18 bits per heavy atom. The maximum atomic E-state index is 13.5. The second-order valence-electron chi connectivity index (χ2n) is 8.24. The average Bonchev–Trinajstić information content (AvgIpc) is 2.81. The summed E-state index contributed by atoms with van der Waals surface area (Å²) in [5, 5.41) is 3.37. The predicted molar refractivity (Wildman–Crippen MR) is 139 cm³/mol. The molecule has 0 radical (unpaired) electrons. The van der Waals surface area contributed by atoms with Crippen LogP contribution < -0.4 is 10.1 Å². The van der Waals surface area contributed by atoms with Crippen molar-refractivity contribution in [3.8, 4) is 5.75 Å². The fraction of sp³-hybridized carbons (Fsp3) is 0.259. The normalized spacial score (nSPS) is 11.7. The molecule has 1 N–H and O–H groups in total. The van der Waals surface area contributed by atoms with Crippen molar-refractivity contribution in [2.75, 3.05) is 6.61 Å². The van der Waals surface area contributed by atoms with E-state index in [0.29, 0.717) is 17.2 Å². The van der Waals surface area contributed by atoms with Crippen LogP contribution in [-0.4, -0.2) is 35.4 Å². The van der Waals surface area contributed by atoms with Crippen LogP contribution in [0.5, 0.6) is 5.75 Å². The first-order valence-electron chi connectivity index (χ1n) is 11.1. The van der Waals surface area contributed by atoms with E-state index in [1.807, 2.05) is 74.5 Å². The summed E-state index contributed by atoms with van der Waals surface area (Å²) < 4.78 is 6.57. The number of hydrogen-bond acceptors (Lipinski definition) is 3. The molecule has 0 aromatic heterocycles. The van der Waals surface area contributed by atoms with Crippen molar-refractivity contribution in [2.45, 2.75) is 38.9 Å². The van der Waals surface area contributed by atoms with Gasteiger partial charge in [0.05, 0.1) is 5.02 Å². The Kier molecular flexibility index (Phi) is 9.54. The number of benzene rings is 3. The van der Waals surface area contributed by atoms with Gasteiger partial charge in [-0.1, -0.05) is 88.2 Å². The molecule has 5 nitrogen and oxygen atoms in total. The molecule has 0 aliphatic heterocycles. The molecule has 0 heterocycles. The number of carbonyl (C=O) groups is 2. The van der Waals surface area contributed by atoms with Crippen LogP contribution in [0.2, 0.25) is 5.02 Å². The molecule has 0 bridgehead atoms. The van der Waals surface area contributed by atoms with Crippen molar-refractivity contribution in [2.24, 2.45) is 0 Å². The SMILES string of the molecule is CC(C)NC(=O)[C@@H](Cc1ccccc1)N(Cc1ccccc1)C(=O)COc1ccc(Br)cc1Cl. The minimum atomic E-state index is -0.707. The van der Waals surface area contributed by atoms with E-state index in [-0.39, 0.29) is 31.0 Å². The van der Waals surface area contributed by atoms with Gasteiger partial charge in [-0.15, -0.1) is 0 Å². The van der Waals surface area contributed by atoms with Gasteiger partial charge < -0.3 is 15.0 Å².